The molecule has 2 heterocycles. The number of carboxylic acid groups (broad SMARTS) is 1. The highest BCUT2D eigenvalue weighted by atomic mass is 19.4. The maximum atomic E-state index is 12.6. The van der Waals surface area contributed by atoms with Gasteiger partial charge in [-0.05, 0) is 18.6 Å². The molecule has 1 aromatic carbocycles. The number of carbonyl (C=O) groups is 1. The van der Waals surface area contributed by atoms with Crippen LogP contribution in [0.1, 0.15) is 17.8 Å². The van der Waals surface area contributed by atoms with Gasteiger partial charge in [0.2, 0.25) is 0 Å². The summed E-state index contributed by atoms with van der Waals surface area (Å²) >= 11 is 0. The number of aromatic nitrogens is 2. The standard InChI is InChI=1S/C15H14F3N3O2/c16-15(17,18)11-4-2-10(3-5-11)12-8-20-6-1-7-21(14(22)23)9-13(20)19-12/h2-5,8H,1,6-7,9H2,(H,22,23). The number of hydrogen-bond acceptors (Lipinski definition) is 2. The maximum Gasteiger partial charge on any atom is 0.416 e. The Kier molecular flexibility index (Phi) is 3.75. The van der Waals surface area contributed by atoms with Crippen molar-refractivity contribution in [2.45, 2.75) is 25.7 Å². The van der Waals surface area contributed by atoms with Gasteiger partial charge in [-0.25, -0.2) is 9.78 Å². The summed E-state index contributed by atoms with van der Waals surface area (Å²) in [5.74, 6) is 0.597. The van der Waals surface area contributed by atoms with Crippen molar-refractivity contribution in [2.75, 3.05) is 6.54 Å². The van der Waals surface area contributed by atoms with Crippen LogP contribution in [-0.2, 0) is 19.3 Å². The van der Waals surface area contributed by atoms with Crippen molar-refractivity contribution in [3.05, 3.63) is 41.9 Å². The minimum absolute atomic E-state index is 0.177. The first-order valence-electron chi connectivity index (χ1n) is 7.06. The third-order valence-electron chi connectivity index (χ3n) is 3.80. The summed E-state index contributed by atoms with van der Waals surface area (Å²) in [6.45, 7) is 1.25. The number of alkyl halides is 3. The van der Waals surface area contributed by atoms with Crippen molar-refractivity contribution in [1.29, 1.82) is 0 Å². The fraction of sp³-hybridized carbons (Fsp3) is 0.333. The molecular weight excluding hydrogens is 311 g/mol. The van der Waals surface area contributed by atoms with E-state index in [4.69, 9.17) is 5.11 Å². The van der Waals surface area contributed by atoms with Gasteiger partial charge in [0.15, 0.2) is 0 Å². The lowest BCUT2D eigenvalue weighted by Gasteiger charge is -2.14. The molecule has 2 aromatic rings. The van der Waals surface area contributed by atoms with Crippen LogP contribution in [0.3, 0.4) is 0 Å². The molecule has 1 aliphatic rings. The molecule has 0 radical (unpaired) electrons. The molecule has 8 heteroatoms. The van der Waals surface area contributed by atoms with E-state index in [1.807, 2.05) is 4.57 Å². The smallest absolute Gasteiger partial charge is 0.416 e. The molecule has 5 nitrogen and oxygen atoms in total. The van der Waals surface area contributed by atoms with Crippen LogP contribution in [0, 0.1) is 0 Å². The van der Waals surface area contributed by atoms with Gasteiger partial charge in [-0.15, -0.1) is 0 Å². The zero-order valence-corrected chi connectivity index (χ0v) is 12.0. The molecule has 0 unspecified atom stereocenters. The van der Waals surface area contributed by atoms with Crippen LogP contribution in [-0.4, -0.2) is 32.2 Å². The Balaban J connectivity index is 1.88. The van der Waals surface area contributed by atoms with E-state index in [-0.39, 0.29) is 6.54 Å². The molecule has 3 rings (SSSR count). The Morgan fingerprint density at radius 2 is 1.87 bits per heavy atom. The molecule has 23 heavy (non-hydrogen) atoms. The van der Waals surface area contributed by atoms with Gasteiger partial charge in [-0.3, -0.25) is 0 Å². The maximum absolute atomic E-state index is 12.6. The molecule has 0 saturated carbocycles. The van der Waals surface area contributed by atoms with Gasteiger partial charge in [0.05, 0.1) is 17.8 Å². The summed E-state index contributed by atoms with van der Waals surface area (Å²) in [6.07, 6.45) is -2.95. The van der Waals surface area contributed by atoms with Crippen molar-refractivity contribution in [1.82, 2.24) is 14.5 Å². The quantitative estimate of drug-likeness (QED) is 0.873. The van der Waals surface area contributed by atoms with Crippen LogP contribution in [0.4, 0.5) is 18.0 Å². The second kappa shape index (κ2) is 5.60. The second-order valence-electron chi connectivity index (χ2n) is 5.37. The van der Waals surface area contributed by atoms with Crippen LogP contribution in [0.5, 0.6) is 0 Å². The van der Waals surface area contributed by atoms with E-state index >= 15 is 0 Å². The molecule has 0 atom stereocenters. The molecule has 1 aromatic heterocycles. The number of rotatable bonds is 1. The summed E-state index contributed by atoms with van der Waals surface area (Å²) in [4.78, 5) is 16.8. The van der Waals surface area contributed by atoms with Crippen LogP contribution < -0.4 is 0 Å². The summed E-state index contributed by atoms with van der Waals surface area (Å²) in [6, 6.07) is 4.78. The van der Waals surface area contributed by atoms with E-state index in [0.717, 1.165) is 12.1 Å². The van der Waals surface area contributed by atoms with Crippen molar-refractivity contribution in [3.8, 4) is 11.3 Å². The lowest BCUT2D eigenvalue weighted by atomic mass is 10.1. The molecule has 0 spiro atoms. The number of benzene rings is 1. The van der Waals surface area contributed by atoms with Gasteiger partial charge < -0.3 is 14.6 Å². The van der Waals surface area contributed by atoms with Gasteiger partial charge in [-0.1, -0.05) is 12.1 Å². The normalized spacial score (nSPS) is 15.2. The number of halogens is 3. The molecule has 0 saturated heterocycles. The summed E-state index contributed by atoms with van der Waals surface area (Å²) in [5, 5.41) is 9.10. The first-order valence-corrected chi connectivity index (χ1v) is 7.06. The van der Waals surface area contributed by atoms with Crippen LogP contribution in [0.2, 0.25) is 0 Å². The number of hydrogen-bond donors (Lipinski definition) is 1. The molecule has 0 fully saturated rings. The van der Waals surface area contributed by atoms with Crippen LogP contribution in [0.15, 0.2) is 30.5 Å². The summed E-state index contributed by atoms with van der Waals surface area (Å²) in [7, 11) is 0. The zero-order chi connectivity index (χ0) is 16.6. The highest BCUT2D eigenvalue weighted by Gasteiger charge is 2.30. The molecule has 1 amide bonds. The first kappa shape index (κ1) is 15.4. The fourth-order valence-electron chi connectivity index (χ4n) is 2.59. The molecule has 1 N–H and O–H groups in total. The molecular formula is C15H14F3N3O2. The average Bonchev–Trinajstić information content (AvgIpc) is 2.78. The minimum Gasteiger partial charge on any atom is -0.465 e. The number of amides is 1. The largest absolute Gasteiger partial charge is 0.465 e. The topological polar surface area (TPSA) is 58.4 Å². The monoisotopic (exact) mass is 325 g/mol. The summed E-state index contributed by atoms with van der Waals surface area (Å²) < 4.78 is 39.6. The molecule has 0 aliphatic carbocycles. The summed E-state index contributed by atoms with van der Waals surface area (Å²) in [5.41, 5.74) is 0.403. The fourth-order valence-corrected chi connectivity index (χ4v) is 2.59. The Labute approximate surface area is 130 Å². The van der Waals surface area contributed by atoms with Gasteiger partial charge >= 0.3 is 12.3 Å². The van der Waals surface area contributed by atoms with Crippen molar-refractivity contribution in [2.24, 2.45) is 0 Å². The average molecular weight is 325 g/mol. The highest BCUT2D eigenvalue weighted by Crippen LogP contribution is 2.31. The Morgan fingerprint density at radius 1 is 1.17 bits per heavy atom. The molecule has 122 valence electrons. The van der Waals surface area contributed by atoms with E-state index < -0.39 is 17.8 Å². The number of fused-ring (bicyclic) bond motifs is 1. The van der Waals surface area contributed by atoms with E-state index in [0.29, 0.717) is 36.6 Å². The van der Waals surface area contributed by atoms with E-state index in [1.54, 1.807) is 6.20 Å². The van der Waals surface area contributed by atoms with Crippen LogP contribution >= 0.6 is 0 Å². The van der Waals surface area contributed by atoms with E-state index in [2.05, 4.69) is 4.98 Å². The Hall–Kier alpha value is -2.51. The lowest BCUT2D eigenvalue weighted by Crippen LogP contribution is -2.29. The third kappa shape index (κ3) is 3.15. The minimum atomic E-state index is -4.37. The van der Waals surface area contributed by atoms with E-state index in [9.17, 15) is 18.0 Å². The van der Waals surface area contributed by atoms with Gasteiger partial charge in [0.1, 0.15) is 5.82 Å². The van der Waals surface area contributed by atoms with Crippen LogP contribution in [0.25, 0.3) is 11.3 Å². The molecule has 0 bridgehead atoms. The van der Waals surface area contributed by atoms with Crippen molar-refractivity contribution < 1.29 is 23.1 Å². The van der Waals surface area contributed by atoms with Gasteiger partial charge in [0.25, 0.3) is 0 Å². The zero-order valence-electron chi connectivity index (χ0n) is 12.0. The Bertz CT molecular complexity index is 723. The third-order valence-corrected chi connectivity index (χ3v) is 3.80. The predicted molar refractivity (Wildman–Crippen MR) is 75.7 cm³/mol. The number of nitrogens with zero attached hydrogens (tertiary/aromatic N) is 3. The predicted octanol–water partition coefficient (Wildman–Crippen LogP) is 3.45. The lowest BCUT2D eigenvalue weighted by molar-refractivity contribution is -0.137. The molecule has 1 aliphatic heterocycles. The van der Waals surface area contributed by atoms with Gasteiger partial charge in [0, 0.05) is 24.8 Å². The van der Waals surface area contributed by atoms with Crippen molar-refractivity contribution >= 4 is 6.09 Å². The SMILES string of the molecule is O=C(O)N1CCCn2cc(-c3ccc(C(F)(F)F)cc3)nc2C1. The Morgan fingerprint density at radius 3 is 2.48 bits per heavy atom. The van der Waals surface area contributed by atoms with Gasteiger partial charge in [-0.2, -0.15) is 13.2 Å². The number of aryl methyl sites for hydroxylation is 1. The van der Waals surface area contributed by atoms with Crippen molar-refractivity contribution in [3.63, 3.8) is 0 Å². The highest BCUT2D eigenvalue weighted by molar-refractivity contribution is 5.65. The second-order valence-corrected chi connectivity index (χ2v) is 5.37. The van der Waals surface area contributed by atoms with E-state index in [1.165, 1.54) is 17.0 Å². The first-order chi connectivity index (χ1) is 10.8. The number of imidazole rings is 1.